The van der Waals surface area contributed by atoms with E-state index in [1.165, 1.54) is 7.11 Å². The van der Waals surface area contributed by atoms with Crippen LogP contribution in [-0.4, -0.2) is 18.1 Å². The van der Waals surface area contributed by atoms with Crippen LogP contribution in [0.25, 0.3) is 0 Å². The summed E-state index contributed by atoms with van der Waals surface area (Å²) in [4.78, 5) is 15.1. The highest BCUT2D eigenvalue weighted by atomic mass is 16.5. The second kappa shape index (κ2) is 5.37. The van der Waals surface area contributed by atoms with Gasteiger partial charge in [0, 0.05) is 12.4 Å². The van der Waals surface area contributed by atoms with Gasteiger partial charge in [-0.1, -0.05) is 13.0 Å². The van der Waals surface area contributed by atoms with Crippen LogP contribution in [0.15, 0.2) is 24.5 Å². The van der Waals surface area contributed by atoms with Gasteiger partial charge in [-0.3, -0.25) is 9.78 Å². The van der Waals surface area contributed by atoms with Crippen molar-refractivity contribution in [3.63, 3.8) is 0 Å². The lowest BCUT2D eigenvalue weighted by Crippen LogP contribution is -2.08. The third-order valence-electron chi connectivity index (χ3n) is 2.29. The van der Waals surface area contributed by atoms with Gasteiger partial charge in [-0.2, -0.15) is 0 Å². The number of rotatable bonds is 4. The van der Waals surface area contributed by atoms with E-state index < -0.39 is 0 Å². The highest BCUT2D eigenvalue weighted by Gasteiger charge is 2.14. The number of esters is 1. The number of hydrogen-bond donors (Lipinski definition) is 0. The van der Waals surface area contributed by atoms with E-state index in [1.54, 1.807) is 12.4 Å². The number of carbonyl (C=O) groups excluding carboxylic acids is 1. The second-order valence-corrected chi connectivity index (χ2v) is 3.17. The summed E-state index contributed by atoms with van der Waals surface area (Å²) < 4.78 is 4.64. The molecule has 76 valence electrons. The fraction of sp³-hybridized carbons (Fsp3) is 0.455. The maximum absolute atomic E-state index is 11.1. The molecular weight excluding hydrogens is 178 g/mol. The zero-order valence-electron chi connectivity index (χ0n) is 8.56. The predicted molar refractivity (Wildman–Crippen MR) is 53.9 cm³/mol. The van der Waals surface area contributed by atoms with Gasteiger partial charge in [0.15, 0.2) is 0 Å². The summed E-state index contributed by atoms with van der Waals surface area (Å²) in [6.07, 6.45) is 4.88. The molecule has 0 aromatic carbocycles. The summed E-state index contributed by atoms with van der Waals surface area (Å²) in [5, 5.41) is 0. The maximum atomic E-state index is 11.1. The Hall–Kier alpha value is -1.38. The fourth-order valence-electron chi connectivity index (χ4n) is 1.40. The Labute approximate surface area is 84.1 Å². The number of aromatic nitrogens is 1. The quantitative estimate of drug-likeness (QED) is 0.688. The lowest BCUT2D eigenvalue weighted by atomic mass is 9.95. The molecule has 0 aliphatic rings. The molecule has 0 saturated carbocycles. The third kappa shape index (κ3) is 2.83. The number of carbonyl (C=O) groups is 1. The summed E-state index contributed by atoms with van der Waals surface area (Å²) >= 11 is 0. The molecule has 0 saturated heterocycles. The first-order chi connectivity index (χ1) is 6.77. The molecule has 3 heteroatoms. The zero-order chi connectivity index (χ0) is 10.4. The molecule has 1 unspecified atom stereocenters. The molecule has 3 nitrogen and oxygen atoms in total. The van der Waals surface area contributed by atoms with Crippen LogP contribution in [-0.2, 0) is 9.53 Å². The van der Waals surface area contributed by atoms with Crippen molar-refractivity contribution in [3.05, 3.63) is 30.1 Å². The van der Waals surface area contributed by atoms with E-state index in [4.69, 9.17) is 0 Å². The van der Waals surface area contributed by atoms with Crippen LogP contribution in [0.1, 0.15) is 31.2 Å². The van der Waals surface area contributed by atoms with E-state index in [0.29, 0.717) is 6.42 Å². The van der Waals surface area contributed by atoms with Crippen molar-refractivity contribution in [1.29, 1.82) is 0 Å². The zero-order valence-corrected chi connectivity index (χ0v) is 8.56. The van der Waals surface area contributed by atoms with Crippen LogP contribution in [0.4, 0.5) is 0 Å². The first-order valence-electron chi connectivity index (χ1n) is 4.74. The molecule has 0 fully saturated rings. The Morgan fingerprint density at radius 2 is 2.43 bits per heavy atom. The molecule has 0 aliphatic heterocycles. The number of ether oxygens (including phenoxy) is 1. The highest BCUT2D eigenvalue weighted by Crippen LogP contribution is 2.22. The maximum Gasteiger partial charge on any atom is 0.306 e. The van der Waals surface area contributed by atoms with Crippen LogP contribution >= 0.6 is 0 Å². The smallest absolute Gasteiger partial charge is 0.306 e. The minimum atomic E-state index is -0.166. The molecule has 1 aromatic heterocycles. The third-order valence-corrected chi connectivity index (χ3v) is 2.29. The van der Waals surface area contributed by atoms with Gasteiger partial charge in [0.25, 0.3) is 0 Å². The molecule has 0 aliphatic carbocycles. The van der Waals surface area contributed by atoms with Gasteiger partial charge in [-0.25, -0.2) is 0 Å². The van der Waals surface area contributed by atoms with E-state index >= 15 is 0 Å². The molecule has 14 heavy (non-hydrogen) atoms. The molecule has 1 heterocycles. The molecule has 0 N–H and O–H groups in total. The average molecular weight is 193 g/mol. The first-order valence-corrected chi connectivity index (χ1v) is 4.74. The minimum Gasteiger partial charge on any atom is -0.469 e. The molecule has 0 bridgehead atoms. The van der Waals surface area contributed by atoms with Gasteiger partial charge in [0.05, 0.1) is 13.5 Å². The van der Waals surface area contributed by atoms with E-state index in [2.05, 4.69) is 16.6 Å². The molecule has 1 rings (SSSR count). The van der Waals surface area contributed by atoms with Gasteiger partial charge in [0.1, 0.15) is 0 Å². The van der Waals surface area contributed by atoms with E-state index in [0.717, 1.165) is 12.0 Å². The summed E-state index contributed by atoms with van der Waals surface area (Å²) in [6, 6.07) is 3.87. The van der Waals surface area contributed by atoms with E-state index in [1.807, 2.05) is 12.1 Å². The van der Waals surface area contributed by atoms with Crippen molar-refractivity contribution in [3.8, 4) is 0 Å². The largest absolute Gasteiger partial charge is 0.469 e. The lowest BCUT2D eigenvalue weighted by Gasteiger charge is -2.12. The second-order valence-electron chi connectivity index (χ2n) is 3.17. The van der Waals surface area contributed by atoms with Gasteiger partial charge >= 0.3 is 5.97 Å². The van der Waals surface area contributed by atoms with Crippen molar-refractivity contribution in [2.45, 2.75) is 25.7 Å². The highest BCUT2D eigenvalue weighted by molar-refractivity contribution is 5.70. The number of nitrogens with zero attached hydrogens (tertiary/aromatic N) is 1. The predicted octanol–water partition coefficient (Wildman–Crippen LogP) is 2.14. The molecule has 0 amide bonds. The Morgan fingerprint density at radius 3 is 2.93 bits per heavy atom. The SMILES string of the molecule is CCC(CC(=O)OC)c1cccnc1. The first kappa shape index (κ1) is 10.7. The Balaban J connectivity index is 2.68. The van der Waals surface area contributed by atoms with Gasteiger partial charge in [-0.05, 0) is 24.0 Å². The molecule has 1 aromatic rings. The number of methoxy groups -OCH3 is 1. The van der Waals surface area contributed by atoms with Crippen LogP contribution < -0.4 is 0 Å². The summed E-state index contributed by atoms with van der Waals surface area (Å²) in [5.74, 6) is 0.0526. The average Bonchev–Trinajstić information content (AvgIpc) is 2.26. The van der Waals surface area contributed by atoms with Crippen LogP contribution in [0.5, 0.6) is 0 Å². The molecule has 0 spiro atoms. The minimum absolute atomic E-state index is 0.166. The van der Waals surface area contributed by atoms with Gasteiger partial charge in [0.2, 0.25) is 0 Å². The fourth-order valence-corrected chi connectivity index (χ4v) is 1.40. The van der Waals surface area contributed by atoms with Crippen molar-refractivity contribution in [1.82, 2.24) is 4.98 Å². The van der Waals surface area contributed by atoms with Crippen LogP contribution in [0, 0.1) is 0 Å². The van der Waals surface area contributed by atoms with E-state index in [-0.39, 0.29) is 11.9 Å². The van der Waals surface area contributed by atoms with Crippen molar-refractivity contribution < 1.29 is 9.53 Å². The van der Waals surface area contributed by atoms with E-state index in [9.17, 15) is 4.79 Å². The van der Waals surface area contributed by atoms with Crippen LogP contribution in [0.2, 0.25) is 0 Å². The van der Waals surface area contributed by atoms with Gasteiger partial charge in [-0.15, -0.1) is 0 Å². The summed E-state index contributed by atoms with van der Waals surface area (Å²) in [6.45, 7) is 2.06. The Bertz CT molecular complexity index is 285. The summed E-state index contributed by atoms with van der Waals surface area (Å²) in [7, 11) is 1.41. The summed E-state index contributed by atoms with van der Waals surface area (Å²) in [5.41, 5.74) is 1.10. The number of pyridine rings is 1. The Morgan fingerprint density at radius 1 is 1.64 bits per heavy atom. The molecular formula is C11H15NO2. The van der Waals surface area contributed by atoms with Crippen molar-refractivity contribution in [2.24, 2.45) is 0 Å². The molecule has 0 radical (unpaired) electrons. The Kier molecular flexibility index (Phi) is 4.11. The molecule has 1 atom stereocenters. The lowest BCUT2D eigenvalue weighted by molar-refractivity contribution is -0.141. The number of hydrogen-bond acceptors (Lipinski definition) is 3. The van der Waals surface area contributed by atoms with Crippen LogP contribution in [0.3, 0.4) is 0 Å². The van der Waals surface area contributed by atoms with Crippen molar-refractivity contribution in [2.75, 3.05) is 7.11 Å². The van der Waals surface area contributed by atoms with Crippen molar-refractivity contribution >= 4 is 5.97 Å². The topological polar surface area (TPSA) is 39.2 Å². The monoisotopic (exact) mass is 193 g/mol. The standard InChI is InChI=1S/C11H15NO2/c1-3-9(7-11(13)14-2)10-5-4-6-12-8-10/h4-6,8-9H,3,7H2,1-2H3. The van der Waals surface area contributed by atoms with Gasteiger partial charge < -0.3 is 4.74 Å². The normalized spacial score (nSPS) is 12.1.